The average molecular weight is 131 g/mol. The van der Waals surface area contributed by atoms with Gasteiger partial charge in [0.2, 0.25) is 0 Å². The molecule has 2 heterocycles. The first-order valence-electron chi connectivity index (χ1n) is 3.23. The van der Waals surface area contributed by atoms with Crippen molar-refractivity contribution in [3.05, 3.63) is 36.3 Å². The molecule has 1 aromatic rings. The number of hydrogen-bond donors (Lipinski definition) is 1. The third-order valence-electron chi connectivity index (χ3n) is 1.54. The van der Waals surface area contributed by atoms with E-state index in [1.165, 1.54) is 5.56 Å². The Morgan fingerprint density at radius 3 is 3.50 bits per heavy atom. The summed E-state index contributed by atoms with van der Waals surface area (Å²) in [6, 6.07) is 2.01. The van der Waals surface area contributed by atoms with Gasteiger partial charge < -0.3 is 5.32 Å². The number of rotatable bonds is 0. The van der Waals surface area contributed by atoms with Crippen LogP contribution in [0.1, 0.15) is 5.56 Å². The molecular formula is C8H7N2. The van der Waals surface area contributed by atoms with Gasteiger partial charge in [-0.1, -0.05) is 6.08 Å². The van der Waals surface area contributed by atoms with Crippen LogP contribution >= 0.6 is 0 Å². The summed E-state index contributed by atoms with van der Waals surface area (Å²) in [5, 5.41) is 2.99. The summed E-state index contributed by atoms with van der Waals surface area (Å²) < 4.78 is 0. The van der Waals surface area contributed by atoms with Crippen molar-refractivity contribution < 1.29 is 0 Å². The molecule has 1 aliphatic rings. The molecular weight excluding hydrogens is 124 g/mol. The quantitative estimate of drug-likeness (QED) is 0.575. The third-order valence-corrected chi connectivity index (χ3v) is 1.54. The van der Waals surface area contributed by atoms with Gasteiger partial charge in [0.25, 0.3) is 0 Å². The van der Waals surface area contributed by atoms with Crippen molar-refractivity contribution in [2.24, 2.45) is 0 Å². The van der Waals surface area contributed by atoms with Crippen LogP contribution in [-0.2, 0) is 6.42 Å². The van der Waals surface area contributed by atoms with Gasteiger partial charge in [-0.3, -0.25) is 4.98 Å². The summed E-state index contributed by atoms with van der Waals surface area (Å²) in [6.07, 6.45) is 9.48. The summed E-state index contributed by atoms with van der Waals surface area (Å²) >= 11 is 0. The van der Waals surface area contributed by atoms with Crippen molar-refractivity contribution in [2.45, 2.75) is 6.42 Å². The van der Waals surface area contributed by atoms with E-state index in [0.717, 1.165) is 12.1 Å². The monoisotopic (exact) mass is 131 g/mol. The van der Waals surface area contributed by atoms with Gasteiger partial charge in [-0.2, -0.15) is 0 Å². The van der Waals surface area contributed by atoms with Crippen LogP contribution in [-0.4, -0.2) is 4.98 Å². The van der Waals surface area contributed by atoms with Gasteiger partial charge in [-0.15, -0.1) is 0 Å². The molecule has 0 amide bonds. The summed E-state index contributed by atoms with van der Waals surface area (Å²) in [7, 11) is 0. The number of aromatic nitrogens is 1. The summed E-state index contributed by atoms with van der Waals surface area (Å²) in [6.45, 7) is 0. The number of fused-ring (bicyclic) bond motifs is 1. The van der Waals surface area contributed by atoms with Gasteiger partial charge in [0.05, 0.1) is 18.1 Å². The lowest BCUT2D eigenvalue weighted by Gasteiger charge is -2.09. The zero-order valence-corrected chi connectivity index (χ0v) is 5.46. The lowest BCUT2D eigenvalue weighted by Crippen LogP contribution is -2.00. The van der Waals surface area contributed by atoms with E-state index < -0.39 is 0 Å². The molecule has 1 radical (unpaired) electrons. The van der Waals surface area contributed by atoms with Crippen LogP contribution in [0.15, 0.2) is 24.5 Å². The van der Waals surface area contributed by atoms with E-state index in [4.69, 9.17) is 0 Å². The van der Waals surface area contributed by atoms with Crippen molar-refractivity contribution in [2.75, 3.05) is 5.32 Å². The zero-order valence-electron chi connectivity index (χ0n) is 5.46. The smallest absolute Gasteiger partial charge is 0.0606 e. The largest absolute Gasteiger partial charge is 0.353 e. The fourth-order valence-electron chi connectivity index (χ4n) is 1.00. The number of anilines is 1. The average Bonchev–Trinajstić information content (AvgIpc) is 2.05. The van der Waals surface area contributed by atoms with Gasteiger partial charge in [0.1, 0.15) is 0 Å². The van der Waals surface area contributed by atoms with Crippen molar-refractivity contribution in [3.63, 3.8) is 0 Å². The van der Waals surface area contributed by atoms with E-state index in [9.17, 15) is 0 Å². The highest BCUT2D eigenvalue weighted by Crippen LogP contribution is 2.16. The number of pyridine rings is 1. The Balaban J connectivity index is 2.47. The Morgan fingerprint density at radius 2 is 2.60 bits per heavy atom. The first-order valence-corrected chi connectivity index (χ1v) is 3.23. The first kappa shape index (κ1) is 5.47. The Bertz CT molecular complexity index is 239. The highest BCUT2D eigenvalue weighted by molar-refractivity contribution is 5.52. The molecule has 2 heteroatoms. The molecule has 0 spiro atoms. The maximum absolute atomic E-state index is 3.98. The van der Waals surface area contributed by atoms with Crippen LogP contribution in [0.5, 0.6) is 0 Å². The maximum atomic E-state index is 3.98. The normalized spacial score (nSPS) is 14.0. The molecule has 2 nitrogen and oxygen atoms in total. The minimum atomic E-state index is 0.963. The molecule has 0 unspecified atom stereocenters. The fraction of sp³-hybridized carbons (Fsp3) is 0.125. The molecule has 2 rings (SSSR count). The van der Waals surface area contributed by atoms with Crippen molar-refractivity contribution >= 4 is 5.69 Å². The van der Waals surface area contributed by atoms with Crippen LogP contribution in [0.3, 0.4) is 0 Å². The van der Waals surface area contributed by atoms with Gasteiger partial charge in [-0.25, -0.2) is 0 Å². The van der Waals surface area contributed by atoms with Crippen LogP contribution in [0.25, 0.3) is 0 Å². The summed E-state index contributed by atoms with van der Waals surface area (Å²) in [5.74, 6) is 0. The van der Waals surface area contributed by atoms with E-state index >= 15 is 0 Å². The molecule has 0 aliphatic carbocycles. The molecule has 1 aliphatic heterocycles. The number of hydrogen-bond acceptors (Lipinski definition) is 2. The van der Waals surface area contributed by atoms with Crippen LogP contribution < -0.4 is 5.32 Å². The molecule has 0 aromatic carbocycles. The van der Waals surface area contributed by atoms with E-state index in [1.54, 1.807) is 6.20 Å². The van der Waals surface area contributed by atoms with E-state index in [1.807, 2.05) is 18.3 Å². The second kappa shape index (κ2) is 2.14. The van der Waals surface area contributed by atoms with Gasteiger partial charge in [0.15, 0.2) is 0 Å². The fourth-order valence-corrected chi connectivity index (χ4v) is 1.00. The van der Waals surface area contributed by atoms with Crippen molar-refractivity contribution in [1.82, 2.24) is 4.98 Å². The van der Waals surface area contributed by atoms with Crippen LogP contribution in [0.2, 0.25) is 0 Å². The molecule has 49 valence electrons. The number of nitrogens with zero attached hydrogens (tertiary/aromatic N) is 1. The minimum Gasteiger partial charge on any atom is -0.353 e. The first-order chi connectivity index (χ1) is 4.97. The molecule has 0 saturated heterocycles. The SMILES string of the molecule is [C]1=CCc2ccncc2N1. The van der Waals surface area contributed by atoms with Gasteiger partial charge in [-0.05, 0) is 18.1 Å². The van der Waals surface area contributed by atoms with Crippen molar-refractivity contribution in [1.29, 1.82) is 0 Å². The van der Waals surface area contributed by atoms with E-state index in [-0.39, 0.29) is 0 Å². The predicted molar refractivity (Wildman–Crippen MR) is 39.4 cm³/mol. The predicted octanol–water partition coefficient (Wildman–Crippen LogP) is 1.37. The Morgan fingerprint density at radius 1 is 1.60 bits per heavy atom. The highest BCUT2D eigenvalue weighted by Gasteiger charge is 2.01. The molecule has 10 heavy (non-hydrogen) atoms. The molecule has 0 atom stereocenters. The minimum absolute atomic E-state index is 0.963. The lowest BCUT2D eigenvalue weighted by molar-refractivity contribution is 1.17. The molecule has 1 aromatic heterocycles. The lowest BCUT2D eigenvalue weighted by atomic mass is 10.1. The Kier molecular flexibility index (Phi) is 1.17. The van der Waals surface area contributed by atoms with Gasteiger partial charge >= 0.3 is 0 Å². The van der Waals surface area contributed by atoms with Crippen molar-refractivity contribution in [3.8, 4) is 0 Å². The third kappa shape index (κ3) is 0.778. The standard InChI is InChI=1S/C8H7N2/c1-2-7-3-5-9-6-8(7)10-4-1/h1,3,5-6,10H,2H2. The second-order valence-electron chi connectivity index (χ2n) is 2.21. The second-order valence-corrected chi connectivity index (χ2v) is 2.21. The van der Waals surface area contributed by atoms with Crippen LogP contribution in [0.4, 0.5) is 5.69 Å². The summed E-state index contributed by atoms with van der Waals surface area (Å²) in [5.41, 5.74) is 2.36. The topological polar surface area (TPSA) is 24.9 Å². The number of nitrogens with one attached hydrogen (secondary N) is 1. The van der Waals surface area contributed by atoms with Crippen LogP contribution in [0, 0.1) is 6.20 Å². The Hall–Kier alpha value is -1.31. The van der Waals surface area contributed by atoms with E-state index in [0.29, 0.717) is 0 Å². The van der Waals surface area contributed by atoms with Gasteiger partial charge in [0, 0.05) is 6.20 Å². The maximum Gasteiger partial charge on any atom is 0.0606 e. The highest BCUT2D eigenvalue weighted by atomic mass is 14.9. The molecule has 0 fully saturated rings. The Labute approximate surface area is 59.6 Å². The molecule has 0 saturated carbocycles. The molecule has 0 bridgehead atoms. The van der Waals surface area contributed by atoms with E-state index in [2.05, 4.69) is 16.5 Å². The number of allylic oxidation sites excluding steroid dienone is 1. The zero-order chi connectivity index (χ0) is 6.81. The summed E-state index contributed by atoms with van der Waals surface area (Å²) in [4.78, 5) is 3.98. The molecule has 1 N–H and O–H groups in total.